The molecule has 0 radical (unpaired) electrons. The van der Waals surface area contributed by atoms with Crippen molar-refractivity contribution in [1.29, 1.82) is 0 Å². The minimum atomic E-state index is -0.981. The maximum absolute atomic E-state index is 11.8. The van der Waals surface area contributed by atoms with E-state index in [0.29, 0.717) is 126 Å². The summed E-state index contributed by atoms with van der Waals surface area (Å²) in [5.41, 5.74) is 14.9. The maximum Gasteiger partial charge on any atom is 0.348 e. The Morgan fingerprint density at radius 3 is 0.723 bits per heavy atom. The van der Waals surface area contributed by atoms with Gasteiger partial charge in [0.2, 0.25) is 0 Å². The van der Waals surface area contributed by atoms with Gasteiger partial charge in [-0.05, 0) is 234 Å². The zero-order valence-corrected chi connectivity index (χ0v) is 86.7. The number of benzene rings is 5. The molecule has 5 aromatic carbocycles. The summed E-state index contributed by atoms with van der Waals surface area (Å²) < 4.78 is 23.9. The van der Waals surface area contributed by atoms with Gasteiger partial charge in [0.1, 0.15) is 53.5 Å². The van der Waals surface area contributed by atoms with Gasteiger partial charge in [-0.25, -0.2) is 88.2 Å². The molecule has 40 heteroatoms. The highest BCUT2D eigenvalue weighted by Crippen LogP contribution is 2.39. The van der Waals surface area contributed by atoms with Crippen molar-refractivity contribution >= 4 is 174 Å². The number of ether oxygens (including phenoxy) is 5. The summed E-state index contributed by atoms with van der Waals surface area (Å²) in [5.74, 6) is -0.832. The molecule has 0 aliphatic carbocycles. The smallest absolute Gasteiger partial charge is 0.348 e. The summed E-state index contributed by atoms with van der Waals surface area (Å²) in [6, 6.07) is 51.2. The first-order chi connectivity index (χ1) is 71.2. The molecule has 0 saturated carbocycles. The molecular formula is C108H105N15O20S5. The van der Waals surface area contributed by atoms with Crippen molar-refractivity contribution in [3.63, 3.8) is 0 Å². The number of aromatic carboxylic acids is 3. The zero-order chi connectivity index (χ0) is 107. The standard InChI is InChI=1S/C23H23N3O4S.2C22H21N3O4S.C21H21N3O4S.C20H19N3O4S/c1-4-6-16-17(5-2)25-22(18-11-12-19(31-18)23(29)30-3)26-21(16)24-15-9-7-14(8-10-15)13-20(27)28;1-4-5-16-13(2)23-21(17-10-11-18(30-17)22(28)29-3)25-20(16)24-15-8-6-14(7-9-15)12-19(26)27;1-4-6-15-16(5-2)24-20(17-11-12-18(30-17)22(28)29-3)25-19(15)23-14-9-7-13(8-10-14)21(26)27;1-4-14-15(5-2)23-19(16-10-11-17(29-16)21(27)28-3)24-18(14)22-13-8-6-12(7-9-13)20(25)26;1-4-14-11(2)21-18(15-9-10-16(28-15)20(26)27-3)23-17(14)22-13-7-5-12(6-8-13)19(24)25/h4,7-12H,1,5-6,13H2,2-3H3,(H,27,28)(H,24,25,26);4,6-11H,1,5,12H2,2-3H3,(H,26,27)(H,23,24,25);4,7-12H,1,5-6H2,2-3H3,(H,26,27)(H,23,24,25);6-11H,4-5H2,1-3H3,(H,25,26)(H,22,23,24);5-10H,4H2,1-3H3,(H,24,25)(H,21,22,23). The molecule has 0 bridgehead atoms. The van der Waals surface area contributed by atoms with Crippen LogP contribution in [0.1, 0.15) is 181 Å². The Morgan fingerprint density at radius 1 is 0.277 bits per heavy atom. The minimum Gasteiger partial charge on any atom is -0.481 e. The molecule has 0 aliphatic heterocycles. The van der Waals surface area contributed by atoms with Gasteiger partial charge in [-0.2, -0.15) is 0 Å². The number of allylic oxidation sites excluding steroid dienone is 3. The number of aryl methyl sites for hydroxylation is 5. The number of carboxylic acids is 5. The fourth-order valence-corrected chi connectivity index (χ4v) is 18.8. The predicted octanol–water partition coefficient (Wildman–Crippen LogP) is 22.6. The Hall–Kier alpha value is -17.1. The molecule has 0 atom stereocenters. The number of rotatable bonds is 38. The fraction of sp³-hybridized carbons (Fsp3) is 0.204. The SMILES string of the molecule is C=CCc1c(C)nc(-c2ccc(C(=O)OC)s2)nc1Nc1ccc(CC(=O)O)cc1.C=CCc1c(CC)nc(-c2ccc(C(=O)OC)s2)nc1Nc1ccc(C(=O)O)cc1.C=CCc1c(CC)nc(-c2ccc(C(=O)OC)s2)nc1Nc1ccc(CC(=O)O)cc1.CCc1c(C)nc(-c2ccc(C(=O)OC)s2)nc1Nc1ccc(C(=O)O)cc1.CCc1nc(-c2ccc(C(=O)OC)s2)nc(Nc2ccc(C(=O)O)cc2)c1CC. The van der Waals surface area contributed by atoms with Crippen molar-refractivity contribution < 1.29 is 97.2 Å². The van der Waals surface area contributed by atoms with Gasteiger partial charge in [-0.3, -0.25) is 9.59 Å². The van der Waals surface area contributed by atoms with E-state index < -0.39 is 53.7 Å². The first kappa shape index (κ1) is 111. The van der Waals surface area contributed by atoms with Crippen LogP contribution >= 0.6 is 56.7 Å². The summed E-state index contributed by atoms with van der Waals surface area (Å²) in [6.07, 6.45) is 10.7. The summed E-state index contributed by atoms with van der Waals surface area (Å²) in [6.45, 7) is 25.4. The van der Waals surface area contributed by atoms with Gasteiger partial charge in [0.15, 0.2) is 29.1 Å². The molecular weight excluding hydrogens is 1990 g/mol. The average molecular weight is 2090 g/mol. The van der Waals surface area contributed by atoms with Crippen molar-refractivity contribution in [3.05, 3.63) is 328 Å². The van der Waals surface area contributed by atoms with Gasteiger partial charge >= 0.3 is 59.7 Å². The molecule has 10 N–H and O–H groups in total. The van der Waals surface area contributed by atoms with Crippen molar-refractivity contribution in [2.24, 2.45) is 0 Å². The number of carboxylic acid groups (broad SMARTS) is 5. The first-order valence-electron chi connectivity index (χ1n) is 45.9. The Kier molecular flexibility index (Phi) is 40.2. The van der Waals surface area contributed by atoms with E-state index in [1.807, 2.05) is 84.9 Å². The summed E-state index contributed by atoms with van der Waals surface area (Å²) in [7, 11) is 6.73. The normalized spacial score (nSPS) is 10.5. The van der Waals surface area contributed by atoms with Crippen LogP contribution in [0.4, 0.5) is 57.5 Å². The lowest BCUT2D eigenvalue weighted by atomic mass is 10.1. The zero-order valence-electron chi connectivity index (χ0n) is 82.6. The quantitative estimate of drug-likeness (QED) is 0.00976. The second kappa shape index (κ2) is 53.5. The van der Waals surface area contributed by atoms with Gasteiger partial charge in [0.05, 0.1) is 89.5 Å². The summed E-state index contributed by atoms with van der Waals surface area (Å²) in [5, 5.41) is 61.5. The van der Waals surface area contributed by atoms with E-state index >= 15 is 0 Å². The second-order valence-corrected chi connectivity index (χ2v) is 37.1. The number of aliphatic carboxylic acids is 2. The Bertz CT molecular complexity index is 7370. The average Bonchev–Trinajstić information content (AvgIpc) is 1.45. The lowest BCUT2D eigenvalue weighted by molar-refractivity contribution is -0.137. The van der Waals surface area contributed by atoms with Crippen LogP contribution in [-0.2, 0) is 97.5 Å². The van der Waals surface area contributed by atoms with E-state index in [1.165, 1.54) is 116 Å². The third-order valence-corrected chi connectivity index (χ3v) is 27.2. The van der Waals surface area contributed by atoms with Crippen molar-refractivity contribution in [3.8, 4) is 53.5 Å². The van der Waals surface area contributed by atoms with Crippen molar-refractivity contribution in [1.82, 2.24) is 49.8 Å². The summed E-state index contributed by atoms with van der Waals surface area (Å²) in [4.78, 5) is 167. The second-order valence-electron chi connectivity index (χ2n) is 31.7. The van der Waals surface area contributed by atoms with Crippen LogP contribution in [0.3, 0.4) is 0 Å². The van der Waals surface area contributed by atoms with Gasteiger partial charge in [-0.15, -0.1) is 76.4 Å². The lowest BCUT2D eigenvalue weighted by Gasteiger charge is -2.15. The number of carbonyl (C=O) groups excluding carboxylic acids is 5. The van der Waals surface area contributed by atoms with Crippen LogP contribution < -0.4 is 26.6 Å². The molecule has 15 rings (SSSR count). The van der Waals surface area contributed by atoms with Crippen LogP contribution in [0, 0.1) is 13.8 Å². The van der Waals surface area contributed by atoms with E-state index in [0.717, 1.165) is 128 Å². The molecule has 148 heavy (non-hydrogen) atoms. The number of aromatic nitrogens is 10. The third kappa shape index (κ3) is 29.6. The molecule has 0 spiro atoms. The monoisotopic (exact) mass is 2090 g/mol. The van der Waals surface area contributed by atoms with Gasteiger partial charge < -0.3 is 75.8 Å². The Morgan fingerprint density at radius 2 is 0.493 bits per heavy atom. The number of nitrogens with one attached hydrogen (secondary N) is 5. The highest BCUT2D eigenvalue weighted by molar-refractivity contribution is 7.18. The van der Waals surface area contributed by atoms with Crippen LogP contribution in [-0.4, -0.2) is 171 Å². The molecule has 10 aromatic heterocycles. The van der Waals surface area contributed by atoms with E-state index in [4.69, 9.17) is 79.1 Å². The highest BCUT2D eigenvalue weighted by atomic mass is 32.1. The fourth-order valence-electron chi connectivity index (χ4n) is 14.5. The number of hydrogen-bond donors (Lipinski definition) is 10. The molecule has 0 saturated heterocycles. The van der Waals surface area contributed by atoms with E-state index in [1.54, 1.807) is 140 Å². The number of nitrogens with zero attached hydrogens (tertiary/aromatic N) is 10. The largest absolute Gasteiger partial charge is 0.481 e. The van der Waals surface area contributed by atoms with E-state index in [2.05, 4.69) is 66.3 Å². The van der Waals surface area contributed by atoms with Gasteiger partial charge in [-0.1, -0.05) is 77.1 Å². The molecule has 35 nitrogen and oxygen atoms in total. The van der Waals surface area contributed by atoms with E-state index in [-0.39, 0.29) is 35.5 Å². The van der Waals surface area contributed by atoms with Gasteiger partial charge in [0.25, 0.3) is 0 Å². The van der Waals surface area contributed by atoms with Crippen LogP contribution in [0.2, 0.25) is 0 Å². The number of anilines is 10. The third-order valence-electron chi connectivity index (χ3n) is 21.9. The minimum absolute atomic E-state index is 0.0272. The molecule has 762 valence electrons. The van der Waals surface area contributed by atoms with Crippen LogP contribution in [0.5, 0.6) is 0 Å². The Labute approximate surface area is 871 Å². The number of carbonyl (C=O) groups is 10. The molecule has 15 aromatic rings. The lowest BCUT2D eigenvalue weighted by Crippen LogP contribution is -2.07. The number of esters is 5. The van der Waals surface area contributed by atoms with Crippen molar-refractivity contribution in [2.45, 2.75) is 113 Å². The van der Waals surface area contributed by atoms with Crippen LogP contribution in [0.15, 0.2) is 220 Å². The molecule has 0 fully saturated rings. The number of hydrogen-bond acceptors (Lipinski definition) is 35. The maximum atomic E-state index is 11.8. The molecule has 0 aliphatic rings. The van der Waals surface area contributed by atoms with Crippen molar-refractivity contribution in [2.75, 3.05) is 62.1 Å². The Balaban J connectivity index is 0.000000176. The van der Waals surface area contributed by atoms with E-state index in [9.17, 15) is 47.9 Å². The molecule has 10 heterocycles. The topological polar surface area (TPSA) is 507 Å². The highest BCUT2D eigenvalue weighted by Gasteiger charge is 2.26. The number of thiophene rings is 5. The molecule has 0 amide bonds. The number of methoxy groups -OCH3 is 5. The summed E-state index contributed by atoms with van der Waals surface area (Å²) >= 11 is 6.35. The first-order valence-corrected chi connectivity index (χ1v) is 50.0. The van der Waals surface area contributed by atoms with Crippen LogP contribution in [0.25, 0.3) is 53.5 Å². The molecule has 0 unspecified atom stereocenters. The van der Waals surface area contributed by atoms with Gasteiger partial charge in [0, 0.05) is 84.7 Å². The predicted molar refractivity (Wildman–Crippen MR) is 574 cm³/mol.